The third-order valence-electron chi connectivity index (χ3n) is 3.41. The Labute approximate surface area is 106 Å². The second-order valence-corrected chi connectivity index (χ2v) is 4.65. The smallest absolute Gasteiger partial charge is 0.0731 e. The lowest BCUT2D eigenvalue weighted by Gasteiger charge is -2.22. The number of hydrogen-bond donors (Lipinski definition) is 0. The summed E-state index contributed by atoms with van der Waals surface area (Å²) in [5.41, 5.74) is 5.88. The van der Waals surface area contributed by atoms with Crippen molar-refractivity contribution in [2.45, 2.75) is 0 Å². The zero-order valence-electron chi connectivity index (χ0n) is 9.88. The van der Waals surface area contributed by atoms with Crippen molar-refractivity contribution < 1.29 is 0 Å². The molecular weight excluding hydrogens is 220 g/mol. The highest BCUT2D eigenvalue weighted by Gasteiger charge is 2.21. The van der Waals surface area contributed by atoms with Crippen molar-refractivity contribution >= 4 is 17.0 Å². The van der Waals surface area contributed by atoms with Crippen LogP contribution in [0, 0.1) is 0 Å². The van der Waals surface area contributed by atoms with Gasteiger partial charge >= 0.3 is 0 Å². The highest BCUT2D eigenvalue weighted by atomic mass is 15.1. The van der Waals surface area contributed by atoms with Gasteiger partial charge in [-0.3, -0.25) is 0 Å². The van der Waals surface area contributed by atoms with Crippen LogP contribution in [0.5, 0.6) is 0 Å². The summed E-state index contributed by atoms with van der Waals surface area (Å²) in [6, 6.07) is 8.31. The number of benzene rings is 1. The Morgan fingerprint density at radius 1 is 1.11 bits per heavy atom. The SMILES string of the molecule is C1=CN2/C=C3\C(=Nc4ccccc43)/C=C\C(=C1)C2. The van der Waals surface area contributed by atoms with Gasteiger partial charge < -0.3 is 4.90 Å². The van der Waals surface area contributed by atoms with Crippen LogP contribution in [0.2, 0.25) is 0 Å². The molecule has 0 aliphatic carbocycles. The topological polar surface area (TPSA) is 15.6 Å². The fraction of sp³-hybridized carbons (Fsp3) is 0.0625. The third kappa shape index (κ3) is 1.39. The quantitative estimate of drug-likeness (QED) is 0.669. The highest BCUT2D eigenvalue weighted by Crippen LogP contribution is 2.36. The van der Waals surface area contributed by atoms with Crippen LogP contribution in [0.1, 0.15) is 5.56 Å². The Kier molecular flexibility index (Phi) is 1.92. The molecule has 4 rings (SSSR count). The van der Waals surface area contributed by atoms with Crippen LogP contribution in [0.3, 0.4) is 0 Å². The van der Waals surface area contributed by atoms with E-state index in [-0.39, 0.29) is 0 Å². The first-order valence-corrected chi connectivity index (χ1v) is 6.12. The van der Waals surface area contributed by atoms with Crippen LogP contribution in [0.15, 0.2) is 71.5 Å². The number of hydrogen-bond acceptors (Lipinski definition) is 2. The fourth-order valence-electron chi connectivity index (χ4n) is 2.53. The molecule has 0 spiro atoms. The molecule has 1 aromatic rings. The number of fused-ring (bicyclic) bond motifs is 5. The molecule has 1 aromatic carbocycles. The molecule has 0 N–H and O–H groups in total. The normalized spacial score (nSPS) is 24.0. The maximum absolute atomic E-state index is 4.69. The van der Waals surface area contributed by atoms with E-state index in [0.29, 0.717) is 0 Å². The molecule has 3 aliphatic heterocycles. The monoisotopic (exact) mass is 232 g/mol. The van der Waals surface area contributed by atoms with Gasteiger partial charge in [-0.05, 0) is 23.8 Å². The third-order valence-corrected chi connectivity index (χ3v) is 3.41. The molecule has 0 radical (unpaired) electrons. The molecule has 0 amide bonds. The largest absolute Gasteiger partial charge is 0.349 e. The van der Waals surface area contributed by atoms with E-state index in [9.17, 15) is 0 Å². The molecule has 0 aromatic heterocycles. The predicted octanol–water partition coefficient (Wildman–Crippen LogP) is 3.44. The molecular formula is C16H12N2. The van der Waals surface area contributed by atoms with Gasteiger partial charge in [-0.2, -0.15) is 0 Å². The second-order valence-electron chi connectivity index (χ2n) is 4.65. The van der Waals surface area contributed by atoms with E-state index in [1.807, 2.05) is 6.07 Å². The Hall–Kier alpha value is -2.35. The second kappa shape index (κ2) is 3.57. The van der Waals surface area contributed by atoms with Gasteiger partial charge in [0.2, 0.25) is 0 Å². The summed E-state index contributed by atoms with van der Waals surface area (Å²) in [4.78, 5) is 6.90. The Morgan fingerprint density at radius 2 is 2.06 bits per heavy atom. The maximum atomic E-state index is 4.69. The van der Waals surface area contributed by atoms with Crippen molar-refractivity contribution in [1.29, 1.82) is 0 Å². The number of aliphatic imine (C=N–C) groups is 1. The summed E-state index contributed by atoms with van der Waals surface area (Å²) < 4.78 is 0. The lowest BCUT2D eigenvalue weighted by atomic mass is 10.0. The van der Waals surface area contributed by atoms with Crippen molar-refractivity contribution in [2.24, 2.45) is 4.99 Å². The molecule has 18 heavy (non-hydrogen) atoms. The first kappa shape index (κ1) is 9.66. The zero-order chi connectivity index (χ0) is 11.9. The van der Waals surface area contributed by atoms with Gasteiger partial charge in [-0.1, -0.05) is 30.4 Å². The van der Waals surface area contributed by atoms with Gasteiger partial charge in [0.05, 0.1) is 11.4 Å². The van der Waals surface area contributed by atoms with Crippen molar-refractivity contribution in [2.75, 3.05) is 6.54 Å². The lowest BCUT2D eigenvalue weighted by molar-refractivity contribution is 0.551. The molecule has 0 saturated heterocycles. The molecule has 0 unspecified atom stereocenters. The summed E-state index contributed by atoms with van der Waals surface area (Å²) >= 11 is 0. The van der Waals surface area contributed by atoms with Crippen LogP contribution < -0.4 is 0 Å². The van der Waals surface area contributed by atoms with Crippen LogP contribution in [-0.4, -0.2) is 17.2 Å². The standard InChI is InChI=1S/C16H12N2/c1-2-6-15-13(5-1)14-11-18-9-3-4-12(10-18)7-8-16(14)17-15/h1-9,11H,10H2/b8-7-,14-11-. The number of nitrogens with zero attached hydrogens (tertiary/aromatic N) is 2. The summed E-state index contributed by atoms with van der Waals surface area (Å²) in [6.45, 7) is 0.936. The summed E-state index contributed by atoms with van der Waals surface area (Å²) in [6.07, 6.45) is 12.8. The summed E-state index contributed by atoms with van der Waals surface area (Å²) in [5.74, 6) is 0. The van der Waals surface area contributed by atoms with E-state index >= 15 is 0 Å². The van der Waals surface area contributed by atoms with Gasteiger partial charge in [-0.15, -0.1) is 0 Å². The van der Waals surface area contributed by atoms with E-state index in [1.54, 1.807) is 0 Å². The highest BCUT2D eigenvalue weighted by molar-refractivity contribution is 6.33. The van der Waals surface area contributed by atoms with Crippen LogP contribution >= 0.6 is 0 Å². The average molecular weight is 232 g/mol. The van der Waals surface area contributed by atoms with Crippen LogP contribution in [-0.2, 0) is 0 Å². The van der Waals surface area contributed by atoms with Crippen molar-refractivity contribution in [3.05, 3.63) is 72.1 Å². The maximum Gasteiger partial charge on any atom is 0.0731 e. The van der Waals surface area contributed by atoms with E-state index < -0.39 is 0 Å². The molecule has 3 aliphatic rings. The van der Waals surface area contributed by atoms with Gasteiger partial charge in [0.25, 0.3) is 0 Å². The fourth-order valence-corrected chi connectivity index (χ4v) is 2.53. The number of rotatable bonds is 0. The van der Waals surface area contributed by atoms with Crippen LogP contribution in [0.25, 0.3) is 5.57 Å². The Bertz CT molecular complexity index is 672. The van der Waals surface area contributed by atoms with Gasteiger partial charge in [-0.25, -0.2) is 4.99 Å². The first-order valence-electron chi connectivity index (χ1n) is 6.12. The molecule has 2 heteroatoms. The molecule has 0 atom stereocenters. The number of para-hydroxylation sites is 1. The lowest BCUT2D eigenvalue weighted by Crippen LogP contribution is -2.18. The van der Waals surface area contributed by atoms with E-state index in [4.69, 9.17) is 0 Å². The van der Waals surface area contributed by atoms with Gasteiger partial charge in [0.1, 0.15) is 0 Å². The van der Waals surface area contributed by atoms with Crippen molar-refractivity contribution in [3.8, 4) is 0 Å². The van der Waals surface area contributed by atoms with E-state index in [0.717, 1.165) is 17.9 Å². The van der Waals surface area contributed by atoms with Gasteiger partial charge in [0.15, 0.2) is 0 Å². The molecule has 3 heterocycles. The molecule has 2 nitrogen and oxygen atoms in total. The minimum atomic E-state index is 0.936. The molecule has 86 valence electrons. The minimum absolute atomic E-state index is 0.936. The first-order chi connectivity index (χ1) is 8.90. The van der Waals surface area contributed by atoms with Gasteiger partial charge in [0, 0.05) is 30.1 Å². The minimum Gasteiger partial charge on any atom is -0.349 e. The Morgan fingerprint density at radius 3 is 3.06 bits per heavy atom. The van der Waals surface area contributed by atoms with Crippen LogP contribution in [0.4, 0.5) is 5.69 Å². The molecule has 0 fully saturated rings. The van der Waals surface area contributed by atoms with Crippen molar-refractivity contribution in [1.82, 2.24) is 4.90 Å². The molecule has 2 bridgehead atoms. The Balaban J connectivity index is 1.92. The van der Waals surface area contributed by atoms with E-state index in [1.165, 1.54) is 16.7 Å². The zero-order valence-corrected chi connectivity index (χ0v) is 9.88. The van der Waals surface area contributed by atoms with E-state index in [2.05, 4.69) is 64.8 Å². The molecule has 0 saturated carbocycles. The summed E-state index contributed by atoms with van der Waals surface area (Å²) in [5, 5.41) is 0. The number of allylic oxidation sites excluding steroid dienone is 4. The van der Waals surface area contributed by atoms with Crippen molar-refractivity contribution in [3.63, 3.8) is 0 Å². The predicted molar refractivity (Wildman–Crippen MR) is 74.6 cm³/mol. The summed E-state index contributed by atoms with van der Waals surface area (Å²) in [7, 11) is 0. The average Bonchev–Trinajstić information content (AvgIpc) is 2.74.